The standard InChI is InChI=1S/C9H8BrF3O2/c1-15-6-2-5(4-14)8(10)7(3-6)9(11,12)13/h2-3,14H,4H2,1H3. The summed E-state index contributed by atoms with van der Waals surface area (Å²) in [6.07, 6.45) is -4.47. The Morgan fingerprint density at radius 2 is 2.00 bits per heavy atom. The first-order valence-corrected chi connectivity index (χ1v) is 4.74. The maximum Gasteiger partial charge on any atom is 0.417 e. The maximum absolute atomic E-state index is 12.5. The molecule has 0 amide bonds. The van der Waals surface area contributed by atoms with Crippen LogP contribution in [0.3, 0.4) is 0 Å². The van der Waals surface area contributed by atoms with Crippen LogP contribution in [0.25, 0.3) is 0 Å². The summed E-state index contributed by atoms with van der Waals surface area (Å²) in [4.78, 5) is 0. The molecule has 0 aromatic heterocycles. The molecule has 1 rings (SSSR count). The van der Waals surface area contributed by atoms with Gasteiger partial charge < -0.3 is 9.84 Å². The molecule has 0 heterocycles. The third-order valence-electron chi connectivity index (χ3n) is 1.83. The Hall–Kier alpha value is -0.750. The minimum absolute atomic E-state index is 0.0644. The van der Waals surface area contributed by atoms with E-state index < -0.39 is 18.3 Å². The van der Waals surface area contributed by atoms with Gasteiger partial charge in [0.05, 0.1) is 19.3 Å². The lowest BCUT2D eigenvalue weighted by Crippen LogP contribution is -2.08. The summed E-state index contributed by atoms with van der Waals surface area (Å²) in [7, 11) is 1.27. The lowest BCUT2D eigenvalue weighted by Gasteiger charge is -2.13. The SMILES string of the molecule is COc1cc(CO)c(Br)c(C(F)(F)F)c1. The largest absolute Gasteiger partial charge is 0.497 e. The van der Waals surface area contributed by atoms with Crippen LogP contribution in [-0.2, 0) is 12.8 Å². The zero-order chi connectivity index (χ0) is 11.6. The number of benzene rings is 1. The van der Waals surface area contributed by atoms with Crippen molar-refractivity contribution in [1.29, 1.82) is 0 Å². The number of hydrogen-bond acceptors (Lipinski definition) is 2. The van der Waals surface area contributed by atoms with Gasteiger partial charge in [0.15, 0.2) is 0 Å². The summed E-state index contributed by atoms with van der Waals surface area (Å²) >= 11 is 2.81. The van der Waals surface area contributed by atoms with Crippen LogP contribution in [0.4, 0.5) is 13.2 Å². The Morgan fingerprint density at radius 3 is 2.40 bits per heavy atom. The second-order valence-electron chi connectivity index (χ2n) is 2.80. The number of methoxy groups -OCH3 is 1. The van der Waals surface area contributed by atoms with Crippen LogP contribution in [0.15, 0.2) is 16.6 Å². The van der Waals surface area contributed by atoms with Crippen LogP contribution in [0.1, 0.15) is 11.1 Å². The van der Waals surface area contributed by atoms with E-state index >= 15 is 0 Å². The summed E-state index contributed by atoms with van der Waals surface area (Å²) in [5.41, 5.74) is -0.715. The summed E-state index contributed by atoms with van der Waals surface area (Å²) in [5.74, 6) is 0.0644. The average Bonchev–Trinajstić information content (AvgIpc) is 2.16. The second-order valence-corrected chi connectivity index (χ2v) is 3.60. The van der Waals surface area contributed by atoms with E-state index in [1.54, 1.807) is 0 Å². The van der Waals surface area contributed by atoms with Crippen LogP contribution in [0.2, 0.25) is 0 Å². The lowest BCUT2D eigenvalue weighted by molar-refractivity contribution is -0.138. The van der Waals surface area contributed by atoms with Gasteiger partial charge in [-0.25, -0.2) is 0 Å². The van der Waals surface area contributed by atoms with Crippen molar-refractivity contribution in [3.05, 3.63) is 27.7 Å². The van der Waals surface area contributed by atoms with Crippen molar-refractivity contribution in [3.8, 4) is 5.75 Å². The van der Waals surface area contributed by atoms with Gasteiger partial charge in [-0.3, -0.25) is 0 Å². The van der Waals surface area contributed by atoms with Crippen LogP contribution < -0.4 is 4.74 Å². The fourth-order valence-corrected chi connectivity index (χ4v) is 1.67. The predicted molar refractivity (Wildman–Crippen MR) is 51.6 cm³/mol. The highest BCUT2D eigenvalue weighted by atomic mass is 79.9. The van der Waals surface area contributed by atoms with E-state index in [1.165, 1.54) is 13.2 Å². The molecule has 84 valence electrons. The molecule has 1 aromatic carbocycles. The van der Waals surface area contributed by atoms with E-state index in [2.05, 4.69) is 15.9 Å². The van der Waals surface area contributed by atoms with E-state index in [4.69, 9.17) is 9.84 Å². The number of halogens is 4. The number of alkyl halides is 3. The Bertz CT molecular complexity index is 363. The fraction of sp³-hybridized carbons (Fsp3) is 0.333. The Balaban J connectivity index is 3.37. The quantitative estimate of drug-likeness (QED) is 0.905. The number of aliphatic hydroxyl groups is 1. The molecular formula is C9H8BrF3O2. The number of rotatable bonds is 2. The molecule has 0 bridgehead atoms. The van der Waals surface area contributed by atoms with E-state index in [1.807, 2.05) is 0 Å². The van der Waals surface area contributed by atoms with Crippen LogP contribution >= 0.6 is 15.9 Å². The average molecular weight is 285 g/mol. The smallest absolute Gasteiger partial charge is 0.417 e. The molecule has 0 saturated carbocycles. The second kappa shape index (κ2) is 4.40. The van der Waals surface area contributed by atoms with E-state index in [0.717, 1.165) is 6.07 Å². The monoisotopic (exact) mass is 284 g/mol. The summed E-state index contributed by atoms with van der Waals surface area (Å²) in [6.45, 7) is -0.485. The van der Waals surface area contributed by atoms with Crippen LogP contribution in [-0.4, -0.2) is 12.2 Å². The van der Waals surface area contributed by atoms with Crippen molar-refractivity contribution >= 4 is 15.9 Å². The van der Waals surface area contributed by atoms with Gasteiger partial charge in [-0.15, -0.1) is 0 Å². The number of ether oxygens (including phenoxy) is 1. The van der Waals surface area contributed by atoms with Gasteiger partial charge in [0.2, 0.25) is 0 Å². The van der Waals surface area contributed by atoms with Gasteiger partial charge in [-0.2, -0.15) is 13.2 Å². The Labute approximate surface area is 92.8 Å². The number of aliphatic hydroxyl groups excluding tert-OH is 1. The number of hydrogen-bond donors (Lipinski definition) is 1. The minimum atomic E-state index is -4.47. The van der Waals surface area contributed by atoms with Crippen molar-refractivity contribution in [1.82, 2.24) is 0 Å². The Morgan fingerprint density at radius 1 is 1.40 bits per heavy atom. The van der Waals surface area contributed by atoms with Gasteiger partial charge in [0.1, 0.15) is 5.75 Å². The van der Waals surface area contributed by atoms with Gasteiger partial charge in [0, 0.05) is 4.47 Å². The van der Waals surface area contributed by atoms with E-state index in [-0.39, 0.29) is 15.8 Å². The van der Waals surface area contributed by atoms with Gasteiger partial charge in [-0.05, 0) is 33.6 Å². The summed E-state index contributed by atoms with van der Waals surface area (Å²) in [6, 6.07) is 2.22. The van der Waals surface area contributed by atoms with Crippen molar-refractivity contribution in [2.45, 2.75) is 12.8 Å². The molecule has 0 atom stereocenters. The molecule has 0 aliphatic carbocycles. The zero-order valence-corrected chi connectivity index (χ0v) is 9.32. The van der Waals surface area contributed by atoms with Crippen molar-refractivity contribution < 1.29 is 23.0 Å². The van der Waals surface area contributed by atoms with E-state index in [9.17, 15) is 13.2 Å². The van der Waals surface area contributed by atoms with Crippen molar-refractivity contribution in [3.63, 3.8) is 0 Å². The first-order valence-electron chi connectivity index (χ1n) is 3.94. The molecule has 0 radical (unpaired) electrons. The first kappa shape index (κ1) is 12.3. The summed E-state index contributed by atoms with van der Waals surface area (Å²) in [5, 5.41) is 8.88. The maximum atomic E-state index is 12.5. The highest BCUT2D eigenvalue weighted by molar-refractivity contribution is 9.10. The molecule has 0 saturated heterocycles. The molecule has 2 nitrogen and oxygen atoms in total. The van der Waals surface area contributed by atoms with Crippen LogP contribution in [0.5, 0.6) is 5.75 Å². The molecule has 6 heteroatoms. The lowest BCUT2D eigenvalue weighted by atomic mass is 10.1. The topological polar surface area (TPSA) is 29.5 Å². The van der Waals surface area contributed by atoms with Crippen LogP contribution in [0, 0.1) is 0 Å². The molecule has 0 aliphatic rings. The van der Waals surface area contributed by atoms with Gasteiger partial charge in [-0.1, -0.05) is 0 Å². The van der Waals surface area contributed by atoms with Crippen molar-refractivity contribution in [2.24, 2.45) is 0 Å². The third kappa shape index (κ3) is 2.63. The minimum Gasteiger partial charge on any atom is -0.497 e. The molecule has 15 heavy (non-hydrogen) atoms. The van der Waals surface area contributed by atoms with Crippen molar-refractivity contribution in [2.75, 3.05) is 7.11 Å². The highest BCUT2D eigenvalue weighted by Gasteiger charge is 2.34. The first-order chi connectivity index (χ1) is 6.90. The molecular weight excluding hydrogens is 277 g/mol. The fourth-order valence-electron chi connectivity index (χ4n) is 1.09. The summed E-state index contributed by atoms with van der Waals surface area (Å²) < 4.78 is 42.1. The molecule has 0 aliphatic heterocycles. The Kier molecular flexibility index (Phi) is 3.62. The molecule has 0 fully saturated rings. The molecule has 0 unspecified atom stereocenters. The molecule has 1 N–H and O–H groups in total. The zero-order valence-electron chi connectivity index (χ0n) is 7.73. The normalized spacial score (nSPS) is 11.6. The van der Waals surface area contributed by atoms with E-state index in [0.29, 0.717) is 0 Å². The highest BCUT2D eigenvalue weighted by Crippen LogP contribution is 2.39. The van der Waals surface area contributed by atoms with Gasteiger partial charge in [0.25, 0.3) is 0 Å². The molecule has 1 aromatic rings. The van der Waals surface area contributed by atoms with Gasteiger partial charge >= 0.3 is 6.18 Å². The molecule has 0 spiro atoms. The third-order valence-corrected chi connectivity index (χ3v) is 2.77. The predicted octanol–water partition coefficient (Wildman–Crippen LogP) is 2.97.